The summed E-state index contributed by atoms with van der Waals surface area (Å²) in [7, 11) is 0. The Bertz CT molecular complexity index is 1230. The number of ether oxygens (including phenoxy) is 1. The van der Waals surface area contributed by atoms with Gasteiger partial charge in [-0.2, -0.15) is 15.1 Å². The lowest BCUT2D eigenvalue weighted by atomic mass is 10.1. The van der Waals surface area contributed by atoms with Crippen LogP contribution < -0.4 is 11.2 Å². The summed E-state index contributed by atoms with van der Waals surface area (Å²) in [4.78, 5) is 23.0. The molecular formula is C19H20N8O6. The maximum Gasteiger partial charge on any atom is 0.276 e. The van der Waals surface area contributed by atoms with Crippen LogP contribution in [0.4, 0.5) is 17.5 Å². The van der Waals surface area contributed by atoms with Crippen LogP contribution in [0.1, 0.15) is 11.8 Å². The lowest BCUT2D eigenvalue weighted by Crippen LogP contribution is -2.33. The summed E-state index contributed by atoms with van der Waals surface area (Å²) in [6, 6.07) is 6.27. The molecule has 14 heteroatoms. The minimum atomic E-state index is -1.32. The van der Waals surface area contributed by atoms with E-state index in [1.165, 1.54) is 35.3 Å². The van der Waals surface area contributed by atoms with Gasteiger partial charge in [-0.05, 0) is 18.2 Å². The highest BCUT2D eigenvalue weighted by Gasteiger charge is 2.44. The zero-order valence-corrected chi connectivity index (χ0v) is 17.0. The van der Waals surface area contributed by atoms with Crippen molar-refractivity contribution >= 4 is 40.9 Å². The van der Waals surface area contributed by atoms with Gasteiger partial charge in [-0.1, -0.05) is 12.1 Å². The number of nitrogens with zero attached hydrogens (tertiary/aromatic N) is 6. The Morgan fingerprint density at radius 1 is 1.30 bits per heavy atom. The van der Waals surface area contributed by atoms with Crippen LogP contribution in [0.25, 0.3) is 17.2 Å². The lowest BCUT2D eigenvalue weighted by Gasteiger charge is -2.16. The third-order valence-corrected chi connectivity index (χ3v) is 4.97. The molecule has 1 aromatic carbocycles. The molecule has 3 heterocycles. The lowest BCUT2D eigenvalue weighted by molar-refractivity contribution is -0.385. The molecule has 0 saturated carbocycles. The van der Waals surface area contributed by atoms with E-state index in [0.717, 1.165) is 0 Å². The fraction of sp³-hybridized carbons (Fsp3) is 0.263. The van der Waals surface area contributed by atoms with Crippen molar-refractivity contribution in [1.82, 2.24) is 19.5 Å². The Morgan fingerprint density at radius 3 is 2.82 bits per heavy atom. The van der Waals surface area contributed by atoms with Gasteiger partial charge in [0.1, 0.15) is 23.8 Å². The zero-order valence-electron chi connectivity index (χ0n) is 17.0. The molecule has 6 N–H and O–H groups in total. The van der Waals surface area contributed by atoms with Gasteiger partial charge < -0.3 is 25.8 Å². The fourth-order valence-electron chi connectivity index (χ4n) is 3.36. The zero-order chi connectivity index (χ0) is 23.5. The van der Waals surface area contributed by atoms with E-state index in [2.05, 4.69) is 25.5 Å². The predicted octanol–water partition coefficient (Wildman–Crippen LogP) is 0.0393. The number of benzene rings is 1. The second-order valence-corrected chi connectivity index (χ2v) is 7.05. The highest BCUT2D eigenvalue weighted by Crippen LogP contribution is 2.32. The van der Waals surface area contributed by atoms with E-state index in [-0.39, 0.29) is 28.6 Å². The molecular weight excluding hydrogens is 436 g/mol. The van der Waals surface area contributed by atoms with Crippen LogP contribution in [0.3, 0.4) is 0 Å². The number of nitrogens with two attached hydrogens (primary N) is 1. The summed E-state index contributed by atoms with van der Waals surface area (Å²) < 4.78 is 6.89. The minimum Gasteiger partial charge on any atom is -0.394 e. The Kier molecular flexibility index (Phi) is 6.23. The number of rotatable bonds is 7. The second-order valence-electron chi connectivity index (χ2n) is 7.05. The first-order valence-corrected chi connectivity index (χ1v) is 9.72. The Balaban J connectivity index is 1.53. The summed E-state index contributed by atoms with van der Waals surface area (Å²) in [6.07, 6.45) is 1.10. The fourth-order valence-corrected chi connectivity index (χ4v) is 3.36. The molecule has 14 nitrogen and oxygen atoms in total. The number of hydrogen-bond acceptors (Lipinski definition) is 12. The summed E-state index contributed by atoms with van der Waals surface area (Å²) in [5.41, 5.74) is 9.39. The van der Waals surface area contributed by atoms with Crippen molar-refractivity contribution in [3.63, 3.8) is 0 Å². The van der Waals surface area contributed by atoms with Crippen LogP contribution in [0.2, 0.25) is 0 Å². The second kappa shape index (κ2) is 9.25. The van der Waals surface area contributed by atoms with E-state index in [1.807, 2.05) is 0 Å². The average Bonchev–Trinajstić information content (AvgIpc) is 3.35. The third kappa shape index (κ3) is 4.35. The molecule has 0 unspecified atom stereocenters. The van der Waals surface area contributed by atoms with E-state index < -0.39 is 36.1 Å². The first-order chi connectivity index (χ1) is 15.9. The Hall–Kier alpha value is -3.98. The molecule has 2 aromatic heterocycles. The molecule has 0 radical (unpaired) electrons. The van der Waals surface area contributed by atoms with Crippen LogP contribution in [0, 0.1) is 10.1 Å². The number of nitrogen functional groups attached to an aromatic ring is 1. The third-order valence-electron chi connectivity index (χ3n) is 4.97. The molecule has 0 aliphatic carbocycles. The van der Waals surface area contributed by atoms with Gasteiger partial charge in [-0.15, -0.1) is 0 Å². The van der Waals surface area contributed by atoms with E-state index in [4.69, 9.17) is 10.5 Å². The number of hydrogen-bond donors (Lipinski definition) is 5. The molecule has 33 heavy (non-hydrogen) atoms. The maximum atomic E-state index is 11.0. The van der Waals surface area contributed by atoms with Crippen molar-refractivity contribution in [2.24, 2.45) is 5.10 Å². The van der Waals surface area contributed by atoms with Crippen LogP contribution in [0.15, 0.2) is 41.8 Å². The average molecular weight is 456 g/mol. The number of aliphatic hydroxyl groups is 3. The van der Waals surface area contributed by atoms with Gasteiger partial charge >= 0.3 is 0 Å². The van der Waals surface area contributed by atoms with Gasteiger partial charge in [0.15, 0.2) is 17.7 Å². The van der Waals surface area contributed by atoms with Crippen molar-refractivity contribution in [1.29, 1.82) is 0 Å². The molecule has 0 bridgehead atoms. The number of hydrazone groups is 1. The van der Waals surface area contributed by atoms with Crippen LogP contribution >= 0.6 is 0 Å². The summed E-state index contributed by atoms with van der Waals surface area (Å²) >= 11 is 0. The number of nitrogens with one attached hydrogen (secondary N) is 1. The van der Waals surface area contributed by atoms with Crippen LogP contribution in [0.5, 0.6) is 0 Å². The topological polar surface area (TPSA) is 207 Å². The monoisotopic (exact) mass is 456 g/mol. The number of anilines is 2. The Labute approximate surface area is 185 Å². The van der Waals surface area contributed by atoms with Gasteiger partial charge in [0.25, 0.3) is 5.69 Å². The van der Waals surface area contributed by atoms with Gasteiger partial charge in [0.05, 0.1) is 23.4 Å². The predicted molar refractivity (Wildman–Crippen MR) is 117 cm³/mol. The molecule has 1 aliphatic rings. The summed E-state index contributed by atoms with van der Waals surface area (Å²) in [5, 5.41) is 44.6. The molecule has 1 aliphatic heterocycles. The highest BCUT2D eigenvalue weighted by molar-refractivity contribution is 5.83. The van der Waals surface area contributed by atoms with Crippen LogP contribution in [-0.4, -0.2) is 70.9 Å². The molecule has 0 amide bonds. The smallest absolute Gasteiger partial charge is 0.276 e. The number of nitro groups is 1. The Morgan fingerprint density at radius 2 is 2.09 bits per heavy atom. The number of fused-ring (bicyclic) bond motifs is 1. The number of nitro benzene ring substituents is 1. The highest BCUT2D eigenvalue weighted by atomic mass is 16.6. The van der Waals surface area contributed by atoms with Gasteiger partial charge in [0, 0.05) is 12.3 Å². The number of allylic oxidation sites excluding steroid dienone is 1. The molecule has 1 fully saturated rings. The number of imidazole rings is 1. The van der Waals surface area contributed by atoms with Crippen LogP contribution in [-0.2, 0) is 4.74 Å². The standard InChI is InChI=1S/C19H20N8O6/c20-16-13-17(26(9-21-13)18-15(30)14(29)12(8-28)33-18)24-19(23-16)25-22-7-3-5-10-4-1-2-6-11(10)27(31)32/h1-7,9,12,14-15,18,28-30H,8H2,(H3,20,23,24,25)/b5-3+,22-7+/t12-,14-,15-,18-/m1/s1. The van der Waals surface area contributed by atoms with Crippen molar-refractivity contribution in [3.05, 3.63) is 52.3 Å². The van der Waals surface area contributed by atoms with Gasteiger partial charge in [0.2, 0.25) is 5.95 Å². The molecule has 4 rings (SSSR count). The molecule has 4 atom stereocenters. The normalized spacial score (nSPS) is 23.1. The van der Waals surface area contributed by atoms with E-state index in [1.54, 1.807) is 18.2 Å². The minimum absolute atomic E-state index is 0.0174. The summed E-state index contributed by atoms with van der Waals surface area (Å²) in [5.74, 6) is 0.0579. The number of aromatic nitrogens is 4. The van der Waals surface area contributed by atoms with Crippen molar-refractivity contribution in [3.8, 4) is 0 Å². The first kappa shape index (κ1) is 22.2. The van der Waals surface area contributed by atoms with Gasteiger partial charge in [-0.25, -0.2) is 10.4 Å². The molecule has 172 valence electrons. The summed E-state index contributed by atoms with van der Waals surface area (Å²) in [6.45, 7) is -0.473. The van der Waals surface area contributed by atoms with Crippen molar-refractivity contribution in [2.75, 3.05) is 17.8 Å². The molecule has 0 spiro atoms. The quantitative estimate of drug-likeness (QED) is 0.182. The van der Waals surface area contributed by atoms with Crippen molar-refractivity contribution in [2.45, 2.75) is 24.5 Å². The number of aliphatic hydroxyl groups excluding tert-OH is 3. The SMILES string of the molecule is Nc1nc(N/N=C/C=C/c2ccccc2[N+](=O)[O-])nc2c1ncn2[C@@H]1O[C@H](CO)[C@@H](O)[C@H]1O. The van der Waals surface area contributed by atoms with Gasteiger partial charge in [-0.3, -0.25) is 14.7 Å². The largest absolute Gasteiger partial charge is 0.394 e. The number of para-hydroxylation sites is 1. The first-order valence-electron chi connectivity index (χ1n) is 9.72. The van der Waals surface area contributed by atoms with E-state index in [9.17, 15) is 25.4 Å². The maximum absolute atomic E-state index is 11.0. The van der Waals surface area contributed by atoms with E-state index >= 15 is 0 Å². The van der Waals surface area contributed by atoms with Crippen molar-refractivity contribution < 1.29 is 25.0 Å². The van der Waals surface area contributed by atoms with E-state index in [0.29, 0.717) is 5.56 Å². The molecule has 3 aromatic rings. The molecule has 1 saturated heterocycles.